The third-order valence-corrected chi connectivity index (χ3v) is 7.88. The average molecular weight is 416 g/mol. The monoisotopic (exact) mass is 415 g/mol. The van der Waals surface area contributed by atoms with Crippen molar-refractivity contribution in [1.29, 1.82) is 0 Å². The van der Waals surface area contributed by atoms with Crippen LogP contribution in [0.3, 0.4) is 0 Å². The Morgan fingerprint density at radius 2 is 1.73 bits per heavy atom. The zero-order valence-electron chi connectivity index (χ0n) is 18.8. The molecule has 7 heteroatoms. The first-order valence-corrected chi connectivity index (χ1v) is 11.9. The van der Waals surface area contributed by atoms with Gasteiger partial charge in [0.05, 0.1) is 24.9 Å². The molecule has 166 valence electrons. The molecule has 4 aliphatic carbocycles. The highest BCUT2D eigenvalue weighted by atomic mass is 16.5. The number of morpholine rings is 1. The molecule has 2 heterocycles. The third-order valence-electron chi connectivity index (χ3n) is 7.88. The predicted molar refractivity (Wildman–Crippen MR) is 115 cm³/mol. The Hall–Kier alpha value is -1.47. The lowest BCUT2D eigenvalue weighted by atomic mass is 9.53. The van der Waals surface area contributed by atoms with Gasteiger partial charge in [-0.25, -0.2) is 4.68 Å². The number of amides is 1. The summed E-state index contributed by atoms with van der Waals surface area (Å²) >= 11 is 0. The SMILES string of the molecule is CC(C)(C)C(=O)N(CCN1CCOCC1)c1cn(C23CC4CC(CC(C4)C2)C3)nn1. The van der Waals surface area contributed by atoms with Crippen LogP contribution < -0.4 is 4.90 Å². The molecule has 0 aromatic carbocycles. The maximum Gasteiger partial charge on any atom is 0.233 e. The van der Waals surface area contributed by atoms with Crippen molar-refractivity contribution in [3.05, 3.63) is 6.20 Å². The molecular weight excluding hydrogens is 378 g/mol. The van der Waals surface area contributed by atoms with E-state index in [9.17, 15) is 4.79 Å². The molecule has 6 rings (SSSR count). The molecule has 30 heavy (non-hydrogen) atoms. The maximum atomic E-state index is 13.3. The van der Waals surface area contributed by atoms with Crippen LogP contribution in [0.25, 0.3) is 0 Å². The van der Waals surface area contributed by atoms with Gasteiger partial charge in [0.2, 0.25) is 5.91 Å². The molecule has 1 saturated heterocycles. The minimum Gasteiger partial charge on any atom is -0.379 e. The van der Waals surface area contributed by atoms with Gasteiger partial charge in [-0.1, -0.05) is 26.0 Å². The minimum atomic E-state index is -0.449. The van der Waals surface area contributed by atoms with Gasteiger partial charge in [0, 0.05) is 31.6 Å². The molecule has 0 N–H and O–H groups in total. The molecule has 1 aromatic heterocycles. The van der Waals surface area contributed by atoms with E-state index < -0.39 is 5.41 Å². The molecule has 7 nitrogen and oxygen atoms in total. The van der Waals surface area contributed by atoms with Crippen LogP contribution >= 0.6 is 0 Å². The molecule has 1 aliphatic heterocycles. The minimum absolute atomic E-state index is 0.119. The van der Waals surface area contributed by atoms with Crippen molar-refractivity contribution in [1.82, 2.24) is 19.9 Å². The van der Waals surface area contributed by atoms with E-state index in [2.05, 4.69) is 26.1 Å². The summed E-state index contributed by atoms with van der Waals surface area (Å²) in [4.78, 5) is 17.5. The summed E-state index contributed by atoms with van der Waals surface area (Å²) in [5.74, 6) is 3.42. The van der Waals surface area contributed by atoms with E-state index >= 15 is 0 Å². The van der Waals surface area contributed by atoms with E-state index in [4.69, 9.17) is 4.74 Å². The second-order valence-electron chi connectivity index (χ2n) is 11.3. The molecular formula is C23H37N5O2. The summed E-state index contributed by atoms with van der Waals surface area (Å²) in [6.45, 7) is 10.9. The molecule has 0 atom stereocenters. The normalized spacial score (nSPS) is 33.8. The molecule has 1 aromatic rings. The number of carbonyl (C=O) groups is 1. The summed E-state index contributed by atoms with van der Waals surface area (Å²) in [5.41, 5.74) is -0.309. The smallest absolute Gasteiger partial charge is 0.233 e. The average Bonchev–Trinajstić information content (AvgIpc) is 3.18. The number of aromatic nitrogens is 3. The molecule has 4 saturated carbocycles. The van der Waals surface area contributed by atoms with E-state index in [0.29, 0.717) is 6.54 Å². The molecule has 1 amide bonds. The van der Waals surface area contributed by atoms with Crippen LogP contribution in [0, 0.1) is 23.2 Å². The van der Waals surface area contributed by atoms with Crippen LogP contribution in [0.2, 0.25) is 0 Å². The van der Waals surface area contributed by atoms with Crippen LogP contribution in [0.1, 0.15) is 59.3 Å². The zero-order chi connectivity index (χ0) is 20.9. The van der Waals surface area contributed by atoms with Gasteiger partial charge in [-0.15, -0.1) is 5.10 Å². The number of hydrogen-bond acceptors (Lipinski definition) is 5. The molecule has 5 fully saturated rings. The number of hydrogen-bond donors (Lipinski definition) is 0. The molecule has 0 unspecified atom stereocenters. The number of ether oxygens (including phenoxy) is 1. The van der Waals surface area contributed by atoms with Gasteiger partial charge in [-0.05, 0) is 56.3 Å². The number of carbonyl (C=O) groups excluding carboxylic acids is 1. The van der Waals surface area contributed by atoms with Crippen molar-refractivity contribution in [2.24, 2.45) is 23.2 Å². The van der Waals surface area contributed by atoms with Crippen molar-refractivity contribution in [2.75, 3.05) is 44.3 Å². The molecule has 0 radical (unpaired) electrons. The first-order chi connectivity index (χ1) is 14.3. The highest BCUT2D eigenvalue weighted by Gasteiger charge is 2.52. The van der Waals surface area contributed by atoms with Crippen molar-refractivity contribution in [2.45, 2.75) is 64.8 Å². The lowest BCUT2D eigenvalue weighted by Crippen LogP contribution is -2.52. The van der Waals surface area contributed by atoms with Gasteiger partial charge >= 0.3 is 0 Å². The van der Waals surface area contributed by atoms with Gasteiger partial charge in [-0.3, -0.25) is 14.6 Å². The lowest BCUT2D eigenvalue weighted by molar-refractivity contribution is -0.125. The van der Waals surface area contributed by atoms with Crippen LogP contribution in [0.15, 0.2) is 6.20 Å². The predicted octanol–water partition coefficient (Wildman–Crippen LogP) is 2.91. The van der Waals surface area contributed by atoms with Gasteiger partial charge in [0.15, 0.2) is 5.82 Å². The van der Waals surface area contributed by atoms with Gasteiger partial charge in [-0.2, -0.15) is 0 Å². The van der Waals surface area contributed by atoms with Crippen LogP contribution in [-0.2, 0) is 15.1 Å². The summed E-state index contributed by atoms with van der Waals surface area (Å²) in [6.07, 6.45) is 10.0. The second kappa shape index (κ2) is 7.59. The van der Waals surface area contributed by atoms with Crippen molar-refractivity contribution in [3.63, 3.8) is 0 Å². The zero-order valence-corrected chi connectivity index (χ0v) is 18.8. The van der Waals surface area contributed by atoms with Gasteiger partial charge in [0.1, 0.15) is 0 Å². The van der Waals surface area contributed by atoms with Crippen LogP contribution in [0.4, 0.5) is 5.82 Å². The summed E-state index contributed by atoms with van der Waals surface area (Å²) in [6, 6.07) is 0. The largest absolute Gasteiger partial charge is 0.379 e. The molecule has 0 spiro atoms. The second-order valence-corrected chi connectivity index (χ2v) is 11.3. The molecule has 5 aliphatic rings. The van der Waals surface area contributed by atoms with Gasteiger partial charge < -0.3 is 4.74 Å². The van der Waals surface area contributed by atoms with Crippen molar-refractivity contribution >= 4 is 11.7 Å². The van der Waals surface area contributed by atoms with Crippen molar-refractivity contribution in [3.8, 4) is 0 Å². The Balaban J connectivity index is 1.37. The van der Waals surface area contributed by atoms with E-state index in [1.54, 1.807) is 0 Å². The van der Waals surface area contributed by atoms with E-state index in [1.165, 1.54) is 38.5 Å². The van der Waals surface area contributed by atoms with E-state index in [-0.39, 0.29) is 11.4 Å². The first-order valence-electron chi connectivity index (χ1n) is 11.9. The van der Waals surface area contributed by atoms with E-state index in [0.717, 1.165) is 56.4 Å². The van der Waals surface area contributed by atoms with Crippen LogP contribution in [0.5, 0.6) is 0 Å². The Bertz CT molecular complexity index is 742. The first kappa shape index (κ1) is 20.4. The maximum absolute atomic E-state index is 13.3. The van der Waals surface area contributed by atoms with E-state index in [1.807, 2.05) is 25.7 Å². The van der Waals surface area contributed by atoms with Crippen LogP contribution in [-0.4, -0.2) is 65.2 Å². The Morgan fingerprint density at radius 3 is 2.30 bits per heavy atom. The fraction of sp³-hybridized carbons (Fsp3) is 0.870. The number of anilines is 1. The summed E-state index contributed by atoms with van der Waals surface area (Å²) in [5, 5.41) is 9.17. The van der Waals surface area contributed by atoms with Gasteiger partial charge in [0.25, 0.3) is 0 Å². The third kappa shape index (κ3) is 3.79. The molecule has 4 bridgehead atoms. The Labute approximate surface area is 180 Å². The van der Waals surface area contributed by atoms with Crippen molar-refractivity contribution < 1.29 is 9.53 Å². The highest BCUT2D eigenvalue weighted by molar-refractivity contribution is 5.95. The number of nitrogens with zero attached hydrogens (tertiary/aromatic N) is 5. The Morgan fingerprint density at radius 1 is 1.13 bits per heavy atom. The Kier molecular flexibility index (Phi) is 5.17. The fourth-order valence-electron chi connectivity index (χ4n) is 6.75. The summed E-state index contributed by atoms with van der Waals surface area (Å²) < 4.78 is 7.62. The standard InChI is InChI=1S/C23H37N5O2/c1-22(2,3)21(29)27(5-4-26-6-8-30-9-7-26)20-16-28(25-24-20)23-13-17-10-18(14-23)12-19(11-17)15-23/h16-19H,4-15H2,1-3H3. The fourth-order valence-corrected chi connectivity index (χ4v) is 6.75. The highest BCUT2D eigenvalue weighted by Crippen LogP contribution is 2.58. The number of rotatable bonds is 5. The summed E-state index contributed by atoms with van der Waals surface area (Å²) in [7, 11) is 0. The lowest BCUT2D eigenvalue weighted by Gasteiger charge is -2.56. The quantitative estimate of drug-likeness (QED) is 0.740. The topological polar surface area (TPSA) is 63.5 Å².